The Balaban J connectivity index is 4.00. The number of nitrogens with zero attached hydrogens (tertiary/aromatic N) is 2. The Labute approximate surface area is 50.4 Å². The molecule has 0 aliphatic carbocycles. The molecule has 2 N–H and O–H groups in total. The van der Waals surface area contributed by atoms with Crippen molar-refractivity contribution in [3.63, 3.8) is 0 Å². The van der Waals surface area contributed by atoms with Gasteiger partial charge in [0.15, 0.2) is 0 Å². The minimum atomic E-state index is 0.801. The van der Waals surface area contributed by atoms with Crippen molar-refractivity contribution in [1.29, 1.82) is 0 Å². The summed E-state index contributed by atoms with van der Waals surface area (Å²) < 4.78 is 1.86. The molecule has 0 radical (unpaired) electrons. The molecule has 0 spiro atoms. The van der Waals surface area contributed by atoms with Gasteiger partial charge < -0.3 is 0 Å². The molecule has 48 valence electrons. The summed E-state index contributed by atoms with van der Waals surface area (Å²) in [7, 11) is 5.79. The van der Waals surface area contributed by atoms with Gasteiger partial charge in [0.25, 0.3) is 5.84 Å². The molecule has 0 saturated heterocycles. The molecule has 0 aromatic rings. The van der Waals surface area contributed by atoms with Crippen LogP contribution in [-0.2, 0) is 0 Å². The SMILES string of the molecule is C/C(N)=[N+](\C)N(C)C. The van der Waals surface area contributed by atoms with Crippen molar-refractivity contribution >= 4 is 5.84 Å². The zero-order chi connectivity index (χ0) is 6.73. The van der Waals surface area contributed by atoms with Gasteiger partial charge in [-0.1, -0.05) is 0 Å². The summed E-state index contributed by atoms with van der Waals surface area (Å²) in [5, 5.41) is 1.91. The predicted octanol–water partition coefficient (Wildman–Crippen LogP) is -0.518. The average molecular weight is 116 g/mol. The fourth-order valence-electron chi connectivity index (χ4n) is 0.315. The summed E-state index contributed by atoms with van der Waals surface area (Å²) in [5.74, 6) is 0.801. The van der Waals surface area contributed by atoms with E-state index in [2.05, 4.69) is 0 Å². The van der Waals surface area contributed by atoms with Crippen LogP contribution in [0.25, 0.3) is 0 Å². The third-order valence-corrected chi connectivity index (χ3v) is 1.11. The highest BCUT2D eigenvalue weighted by atomic mass is 15.5. The molecule has 0 atom stereocenters. The minimum absolute atomic E-state index is 0.801. The lowest BCUT2D eigenvalue weighted by atomic mass is 10.7. The van der Waals surface area contributed by atoms with Crippen LogP contribution in [-0.4, -0.2) is 36.7 Å². The smallest absolute Gasteiger partial charge is 0.262 e. The maximum Gasteiger partial charge on any atom is 0.262 e. The standard InChI is InChI=1S/C5H13N3/c1-5(6)8(4)7(2)3/h6H,1-4H3/p+1. The van der Waals surface area contributed by atoms with Gasteiger partial charge in [0.05, 0.1) is 0 Å². The topological polar surface area (TPSA) is 32.3 Å². The quantitative estimate of drug-likeness (QED) is 0.216. The van der Waals surface area contributed by atoms with E-state index >= 15 is 0 Å². The second-order valence-corrected chi connectivity index (χ2v) is 2.01. The van der Waals surface area contributed by atoms with Crippen molar-refractivity contribution in [1.82, 2.24) is 5.01 Å². The van der Waals surface area contributed by atoms with Gasteiger partial charge in [-0.3, -0.25) is 10.7 Å². The fraction of sp³-hybridized carbons (Fsp3) is 0.800. The van der Waals surface area contributed by atoms with E-state index < -0.39 is 0 Å². The van der Waals surface area contributed by atoms with Crippen molar-refractivity contribution < 1.29 is 4.68 Å². The molecule has 3 heteroatoms. The Morgan fingerprint density at radius 2 is 1.88 bits per heavy atom. The molecule has 3 nitrogen and oxygen atoms in total. The molecule has 0 aromatic heterocycles. The summed E-state index contributed by atoms with van der Waals surface area (Å²) in [6.45, 7) is 1.86. The van der Waals surface area contributed by atoms with E-state index in [0.717, 1.165) is 5.84 Å². The number of hydrogen-bond acceptors (Lipinski definition) is 1. The van der Waals surface area contributed by atoms with E-state index in [0.29, 0.717) is 0 Å². The van der Waals surface area contributed by atoms with Crippen molar-refractivity contribution in [3.8, 4) is 0 Å². The Bertz CT molecular complexity index is 100. The van der Waals surface area contributed by atoms with Crippen molar-refractivity contribution in [2.24, 2.45) is 5.73 Å². The first-order valence-corrected chi connectivity index (χ1v) is 2.55. The molecule has 0 aliphatic heterocycles. The summed E-state index contributed by atoms with van der Waals surface area (Å²) in [6, 6.07) is 0. The summed E-state index contributed by atoms with van der Waals surface area (Å²) in [4.78, 5) is 0. The Kier molecular flexibility index (Phi) is 2.31. The number of hydrogen-bond donors (Lipinski definition) is 1. The Morgan fingerprint density at radius 3 is 1.88 bits per heavy atom. The normalized spacial score (nSPS) is 13.0. The van der Waals surface area contributed by atoms with Crippen LogP contribution in [0.3, 0.4) is 0 Å². The van der Waals surface area contributed by atoms with E-state index in [4.69, 9.17) is 5.73 Å². The van der Waals surface area contributed by atoms with Gasteiger partial charge >= 0.3 is 0 Å². The lowest BCUT2D eigenvalue weighted by Crippen LogP contribution is -2.32. The van der Waals surface area contributed by atoms with Crippen LogP contribution < -0.4 is 5.73 Å². The van der Waals surface area contributed by atoms with Gasteiger partial charge in [-0.25, -0.2) is 0 Å². The summed E-state index contributed by atoms with van der Waals surface area (Å²) in [5.41, 5.74) is 5.44. The lowest BCUT2D eigenvalue weighted by Gasteiger charge is -2.10. The third kappa shape index (κ3) is 1.82. The van der Waals surface area contributed by atoms with Crippen LogP contribution in [0.15, 0.2) is 0 Å². The molecule has 0 aliphatic rings. The summed E-state index contributed by atoms with van der Waals surface area (Å²) >= 11 is 0. The highest BCUT2D eigenvalue weighted by Crippen LogP contribution is 1.71. The van der Waals surface area contributed by atoms with Gasteiger partial charge in [-0.15, -0.1) is 0 Å². The molecule has 0 aromatic carbocycles. The first-order chi connectivity index (χ1) is 3.55. The fourth-order valence-corrected chi connectivity index (χ4v) is 0.315. The molecule has 0 saturated carbocycles. The van der Waals surface area contributed by atoms with Crippen molar-refractivity contribution in [2.45, 2.75) is 6.92 Å². The van der Waals surface area contributed by atoms with Gasteiger partial charge in [0.2, 0.25) is 0 Å². The van der Waals surface area contributed by atoms with E-state index in [1.807, 2.05) is 37.8 Å². The molecule has 0 heterocycles. The number of nitrogens with two attached hydrogens (primary N) is 1. The zero-order valence-electron chi connectivity index (χ0n) is 5.97. The van der Waals surface area contributed by atoms with Crippen LogP contribution in [0, 0.1) is 0 Å². The van der Waals surface area contributed by atoms with Gasteiger partial charge in [-0.2, -0.15) is 4.68 Å². The molecule has 0 rings (SSSR count). The highest BCUT2D eigenvalue weighted by molar-refractivity contribution is 5.71. The largest absolute Gasteiger partial charge is 0.290 e. The molecule has 0 amide bonds. The molecular weight excluding hydrogens is 102 g/mol. The molecule has 0 bridgehead atoms. The van der Waals surface area contributed by atoms with Crippen LogP contribution in [0.2, 0.25) is 0 Å². The first-order valence-electron chi connectivity index (χ1n) is 2.55. The lowest BCUT2D eigenvalue weighted by molar-refractivity contribution is -0.656. The number of rotatable bonds is 1. The van der Waals surface area contributed by atoms with Crippen LogP contribution in [0.5, 0.6) is 0 Å². The molecule has 0 fully saturated rings. The zero-order valence-corrected chi connectivity index (χ0v) is 5.97. The summed E-state index contributed by atoms with van der Waals surface area (Å²) in [6.07, 6.45) is 0. The van der Waals surface area contributed by atoms with Gasteiger partial charge in [-0.05, 0) is 0 Å². The predicted molar refractivity (Wildman–Crippen MR) is 34.7 cm³/mol. The molecular formula is C5H14N3+. The second kappa shape index (κ2) is 2.55. The van der Waals surface area contributed by atoms with Crippen LogP contribution in [0.4, 0.5) is 0 Å². The third-order valence-electron chi connectivity index (χ3n) is 1.11. The maximum atomic E-state index is 5.44. The van der Waals surface area contributed by atoms with Crippen molar-refractivity contribution in [2.75, 3.05) is 21.1 Å². The minimum Gasteiger partial charge on any atom is -0.290 e. The molecule has 8 heavy (non-hydrogen) atoms. The van der Waals surface area contributed by atoms with E-state index in [1.165, 1.54) is 0 Å². The average Bonchev–Trinajstić information content (AvgIpc) is 1.64. The van der Waals surface area contributed by atoms with Crippen LogP contribution in [0.1, 0.15) is 6.92 Å². The molecule has 0 unspecified atom stereocenters. The van der Waals surface area contributed by atoms with E-state index in [9.17, 15) is 0 Å². The monoisotopic (exact) mass is 116 g/mol. The Hall–Kier alpha value is -0.730. The number of amidine groups is 1. The van der Waals surface area contributed by atoms with Crippen LogP contribution >= 0.6 is 0 Å². The van der Waals surface area contributed by atoms with Gasteiger partial charge in [0.1, 0.15) is 7.05 Å². The second-order valence-electron chi connectivity index (χ2n) is 2.01. The van der Waals surface area contributed by atoms with Gasteiger partial charge in [0, 0.05) is 21.0 Å². The van der Waals surface area contributed by atoms with E-state index in [-0.39, 0.29) is 0 Å². The van der Waals surface area contributed by atoms with Crippen molar-refractivity contribution in [3.05, 3.63) is 0 Å². The first kappa shape index (κ1) is 7.27. The Morgan fingerprint density at radius 1 is 1.50 bits per heavy atom. The van der Waals surface area contributed by atoms with E-state index in [1.54, 1.807) is 0 Å². The number of hydrazone groups is 1. The number of hydrazine groups is 1. The maximum absolute atomic E-state index is 5.44. The highest BCUT2D eigenvalue weighted by Gasteiger charge is 1.95.